The van der Waals surface area contributed by atoms with Crippen molar-refractivity contribution < 1.29 is 14.7 Å². The van der Waals surface area contributed by atoms with E-state index < -0.39 is 5.97 Å². The Kier molecular flexibility index (Phi) is 4.86. The van der Waals surface area contributed by atoms with Crippen LogP contribution >= 0.6 is 0 Å². The SMILES string of the molecule is O=C(O)CCc1cccc(NC(=O)NCc2ncn[nH]2)c1. The summed E-state index contributed by atoms with van der Waals surface area (Å²) in [5.41, 5.74) is 1.46. The molecule has 0 saturated carbocycles. The van der Waals surface area contributed by atoms with Crippen molar-refractivity contribution in [3.8, 4) is 0 Å². The van der Waals surface area contributed by atoms with Crippen molar-refractivity contribution in [3.05, 3.63) is 42.0 Å². The molecular weight excluding hydrogens is 274 g/mol. The summed E-state index contributed by atoms with van der Waals surface area (Å²) in [6, 6.07) is 6.70. The smallest absolute Gasteiger partial charge is 0.319 e. The number of aryl methyl sites for hydroxylation is 1. The largest absolute Gasteiger partial charge is 0.481 e. The highest BCUT2D eigenvalue weighted by atomic mass is 16.4. The van der Waals surface area contributed by atoms with E-state index in [2.05, 4.69) is 25.8 Å². The lowest BCUT2D eigenvalue weighted by Gasteiger charge is -2.08. The fourth-order valence-corrected chi connectivity index (χ4v) is 1.71. The van der Waals surface area contributed by atoms with E-state index in [1.165, 1.54) is 6.33 Å². The molecule has 2 rings (SSSR count). The van der Waals surface area contributed by atoms with Crippen molar-refractivity contribution in [1.29, 1.82) is 0 Å². The number of benzene rings is 1. The molecule has 2 amide bonds. The molecule has 0 bridgehead atoms. The number of anilines is 1. The number of amides is 2. The highest BCUT2D eigenvalue weighted by molar-refractivity contribution is 5.89. The average Bonchev–Trinajstić information content (AvgIpc) is 2.97. The molecule has 21 heavy (non-hydrogen) atoms. The molecule has 0 spiro atoms. The molecule has 8 heteroatoms. The van der Waals surface area contributed by atoms with E-state index >= 15 is 0 Å². The zero-order valence-electron chi connectivity index (χ0n) is 11.2. The Morgan fingerprint density at radius 3 is 2.90 bits per heavy atom. The van der Waals surface area contributed by atoms with Gasteiger partial charge in [-0.1, -0.05) is 12.1 Å². The van der Waals surface area contributed by atoms with Gasteiger partial charge in [-0.15, -0.1) is 0 Å². The van der Waals surface area contributed by atoms with E-state index in [0.717, 1.165) is 5.56 Å². The first kappa shape index (κ1) is 14.5. The molecular formula is C13H15N5O3. The van der Waals surface area contributed by atoms with Gasteiger partial charge in [0.15, 0.2) is 0 Å². The molecule has 0 radical (unpaired) electrons. The van der Waals surface area contributed by atoms with Crippen LogP contribution in [0.5, 0.6) is 0 Å². The Hall–Kier alpha value is -2.90. The van der Waals surface area contributed by atoms with Crippen molar-refractivity contribution in [1.82, 2.24) is 20.5 Å². The molecule has 0 saturated heterocycles. The molecule has 4 N–H and O–H groups in total. The molecule has 0 atom stereocenters. The first-order chi connectivity index (χ1) is 10.1. The maximum Gasteiger partial charge on any atom is 0.319 e. The van der Waals surface area contributed by atoms with Gasteiger partial charge in [-0.25, -0.2) is 9.78 Å². The van der Waals surface area contributed by atoms with Crippen molar-refractivity contribution in [2.24, 2.45) is 0 Å². The minimum Gasteiger partial charge on any atom is -0.481 e. The second-order valence-corrected chi connectivity index (χ2v) is 4.33. The van der Waals surface area contributed by atoms with Gasteiger partial charge >= 0.3 is 12.0 Å². The van der Waals surface area contributed by atoms with Crippen LogP contribution in [0.4, 0.5) is 10.5 Å². The van der Waals surface area contributed by atoms with Crippen LogP contribution in [0.3, 0.4) is 0 Å². The van der Waals surface area contributed by atoms with Gasteiger partial charge < -0.3 is 15.7 Å². The van der Waals surface area contributed by atoms with Gasteiger partial charge in [0.05, 0.1) is 6.54 Å². The number of hydrogen-bond acceptors (Lipinski definition) is 4. The first-order valence-electron chi connectivity index (χ1n) is 6.33. The zero-order chi connectivity index (χ0) is 15.1. The van der Waals surface area contributed by atoms with E-state index in [1.807, 2.05) is 6.07 Å². The van der Waals surface area contributed by atoms with Crippen molar-refractivity contribution in [3.63, 3.8) is 0 Å². The van der Waals surface area contributed by atoms with Crippen LogP contribution in [-0.4, -0.2) is 32.3 Å². The number of H-pyrrole nitrogens is 1. The summed E-state index contributed by atoms with van der Waals surface area (Å²) in [6.07, 6.45) is 1.84. The number of nitrogens with zero attached hydrogens (tertiary/aromatic N) is 2. The third-order valence-electron chi connectivity index (χ3n) is 2.69. The molecule has 8 nitrogen and oxygen atoms in total. The number of aromatic nitrogens is 3. The topological polar surface area (TPSA) is 120 Å². The predicted molar refractivity (Wildman–Crippen MR) is 74.6 cm³/mol. The highest BCUT2D eigenvalue weighted by Crippen LogP contribution is 2.12. The number of nitrogens with one attached hydrogen (secondary N) is 3. The van der Waals surface area contributed by atoms with E-state index in [9.17, 15) is 9.59 Å². The van der Waals surface area contributed by atoms with E-state index in [-0.39, 0.29) is 19.0 Å². The lowest BCUT2D eigenvalue weighted by Crippen LogP contribution is -2.28. The van der Waals surface area contributed by atoms with Gasteiger partial charge in [0.1, 0.15) is 12.2 Å². The third-order valence-corrected chi connectivity index (χ3v) is 2.69. The van der Waals surface area contributed by atoms with E-state index in [4.69, 9.17) is 5.11 Å². The Labute approximate surface area is 120 Å². The van der Waals surface area contributed by atoms with Crippen LogP contribution in [0.15, 0.2) is 30.6 Å². The minimum absolute atomic E-state index is 0.0567. The molecule has 2 aromatic rings. The molecule has 110 valence electrons. The van der Waals surface area contributed by atoms with Crippen LogP contribution in [0.1, 0.15) is 17.8 Å². The van der Waals surface area contributed by atoms with Gasteiger partial charge in [-0.2, -0.15) is 5.10 Å². The number of carbonyl (C=O) groups excluding carboxylic acids is 1. The summed E-state index contributed by atoms with van der Waals surface area (Å²) in [6.45, 7) is 0.241. The van der Waals surface area contributed by atoms with Gasteiger partial charge in [-0.05, 0) is 24.1 Å². The van der Waals surface area contributed by atoms with E-state index in [0.29, 0.717) is 17.9 Å². The standard InChI is InChI=1S/C13H15N5O3/c19-12(20)5-4-9-2-1-3-10(6-9)17-13(21)14-7-11-15-8-16-18-11/h1-3,6,8H,4-5,7H2,(H,19,20)(H2,14,17,21)(H,15,16,18). The summed E-state index contributed by atoms with van der Waals surface area (Å²) in [5.74, 6) is -0.293. The summed E-state index contributed by atoms with van der Waals surface area (Å²) in [4.78, 5) is 26.1. The van der Waals surface area contributed by atoms with Gasteiger partial charge in [0.25, 0.3) is 0 Å². The average molecular weight is 289 g/mol. The fraction of sp³-hybridized carbons (Fsp3) is 0.231. The molecule has 1 aromatic carbocycles. The number of carboxylic acids is 1. The second kappa shape index (κ2) is 7.04. The summed E-state index contributed by atoms with van der Waals surface area (Å²) < 4.78 is 0. The number of hydrogen-bond donors (Lipinski definition) is 4. The van der Waals surface area contributed by atoms with Crippen molar-refractivity contribution in [2.75, 3.05) is 5.32 Å². The molecule has 0 aliphatic rings. The van der Waals surface area contributed by atoms with Gasteiger partial charge in [0, 0.05) is 12.1 Å². The van der Waals surface area contributed by atoms with Crippen LogP contribution < -0.4 is 10.6 Å². The highest BCUT2D eigenvalue weighted by Gasteiger charge is 2.04. The number of urea groups is 1. The van der Waals surface area contributed by atoms with Crippen LogP contribution in [0.2, 0.25) is 0 Å². The maximum atomic E-state index is 11.7. The molecule has 1 aromatic heterocycles. The molecule has 0 fully saturated rings. The Bertz CT molecular complexity index is 612. The lowest BCUT2D eigenvalue weighted by atomic mass is 10.1. The normalized spacial score (nSPS) is 10.1. The number of carbonyl (C=O) groups is 2. The number of aromatic amines is 1. The second-order valence-electron chi connectivity index (χ2n) is 4.33. The Morgan fingerprint density at radius 2 is 2.19 bits per heavy atom. The van der Waals surface area contributed by atoms with Crippen LogP contribution in [-0.2, 0) is 17.8 Å². The quantitative estimate of drug-likeness (QED) is 0.635. The van der Waals surface area contributed by atoms with Gasteiger partial charge in [0.2, 0.25) is 0 Å². The van der Waals surface area contributed by atoms with Crippen LogP contribution in [0, 0.1) is 0 Å². The summed E-state index contributed by atoms with van der Waals surface area (Å²) >= 11 is 0. The summed E-state index contributed by atoms with van der Waals surface area (Å²) in [5, 5.41) is 20.3. The first-order valence-corrected chi connectivity index (χ1v) is 6.33. The molecule has 0 unspecified atom stereocenters. The van der Waals surface area contributed by atoms with E-state index in [1.54, 1.807) is 18.2 Å². The summed E-state index contributed by atoms with van der Waals surface area (Å²) in [7, 11) is 0. The predicted octanol–water partition coefficient (Wildman–Crippen LogP) is 1.14. The third kappa shape index (κ3) is 4.94. The minimum atomic E-state index is -0.849. The lowest BCUT2D eigenvalue weighted by molar-refractivity contribution is -0.136. The maximum absolute atomic E-state index is 11.7. The molecule has 1 heterocycles. The molecule has 0 aliphatic heterocycles. The number of rotatable bonds is 6. The molecule has 0 aliphatic carbocycles. The Balaban J connectivity index is 1.85. The van der Waals surface area contributed by atoms with Crippen LogP contribution in [0.25, 0.3) is 0 Å². The Morgan fingerprint density at radius 1 is 1.33 bits per heavy atom. The van der Waals surface area contributed by atoms with Crippen molar-refractivity contribution >= 4 is 17.7 Å². The number of aliphatic carboxylic acids is 1. The van der Waals surface area contributed by atoms with Gasteiger partial charge in [-0.3, -0.25) is 9.89 Å². The van der Waals surface area contributed by atoms with Crippen molar-refractivity contribution in [2.45, 2.75) is 19.4 Å². The number of carboxylic acid groups (broad SMARTS) is 1. The zero-order valence-corrected chi connectivity index (χ0v) is 11.2. The monoisotopic (exact) mass is 289 g/mol. The fourth-order valence-electron chi connectivity index (χ4n) is 1.71.